The third-order valence-corrected chi connectivity index (χ3v) is 32.0. The second-order valence-electron chi connectivity index (χ2n) is 40.5. The summed E-state index contributed by atoms with van der Waals surface area (Å²) < 4.78 is 96.7. The Morgan fingerprint density at radius 1 is 0.457 bits per heavy atom. The molecule has 0 amide bonds. The van der Waals surface area contributed by atoms with Gasteiger partial charge in [-0.15, -0.1) is 0 Å². The van der Waals surface area contributed by atoms with Crippen molar-refractivity contribution in [2.45, 2.75) is 419 Å². The number of carboxylic acids is 1. The summed E-state index contributed by atoms with van der Waals surface area (Å²) in [6.07, 6.45) is -62.1. The van der Waals surface area contributed by atoms with Crippen LogP contribution in [-0.2, 0) is 99.8 Å². The van der Waals surface area contributed by atoms with Gasteiger partial charge in [0.15, 0.2) is 56.1 Å². The lowest BCUT2D eigenvalue weighted by atomic mass is 9.31. The highest BCUT2D eigenvalue weighted by molar-refractivity contribution is 5.79. The van der Waals surface area contributed by atoms with Gasteiger partial charge in [0.05, 0.1) is 92.8 Å². The van der Waals surface area contributed by atoms with Crippen LogP contribution in [0.4, 0.5) is 0 Å². The van der Waals surface area contributed by atoms with Crippen LogP contribution < -0.4 is 0 Å². The summed E-state index contributed by atoms with van der Waals surface area (Å²) >= 11 is 0. The minimum absolute atomic E-state index is 0.0348. The molecule has 49 atom stereocenters. The van der Waals surface area contributed by atoms with Gasteiger partial charge in [-0.05, 0) is 135 Å². The van der Waals surface area contributed by atoms with Gasteiger partial charge in [0.25, 0.3) is 0 Å². The summed E-state index contributed by atoms with van der Waals surface area (Å²) in [5.41, 5.74) is -5.82. The number of esters is 3. The maximum absolute atomic E-state index is 16.3. The summed E-state index contributed by atoms with van der Waals surface area (Å²) in [6, 6.07) is 0. The molecule has 0 radical (unpaired) electrons. The summed E-state index contributed by atoms with van der Waals surface area (Å²) in [5, 5.41) is 233. The Morgan fingerprint density at radius 3 is 1.57 bits per heavy atom. The van der Waals surface area contributed by atoms with Crippen molar-refractivity contribution in [1.82, 2.24) is 0 Å². The third-order valence-electron chi connectivity index (χ3n) is 32.0. The fourth-order valence-corrected chi connectivity index (χ4v) is 23.7. The molecule has 21 N–H and O–H groups in total. The lowest BCUT2D eigenvalue weighted by molar-refractivity contribution is -0.392. The molecule has 0 aromatic heterocycles. The van der Waals surface area contributed by atoms with Gasteiger partial charge in [-0.3, -0.25) is 14.4 Å². The molecule has 0 spiro atoms. The van der Waals surface area contributed by atoms with Crippen molar-refractivity contribution in [3.8, 4) is 0 Å². The number of hydrogen-bond acceptors (Lipinski definition) is 41. The average molecular weight is 1860 g/mol. The molecule has 7 heterocycles. The van der Waals surface area contributed by atoms with E-state index in [0.29, 0.717) is 57.8 Å². The molecule has 129 heavy (non-hydrogen) atoms. The SMILES string of the molecule is CC[C@H](C)[C@H](C[C@H](O)CC(=O)O[C@@H]1C(C)O[C@@H](OC(=O)[C@]23CCC(C)(C)CC2C2CCC4[C@@]5(C)CC[C@H](O[C@@H]6OC(C(=O)O)[C@@H](O)[C@H](O[C@@H]7OC[C@@H](O)[C@H](O)C7O)C6O[C@@H]6OC(CO)[C@H](O)[C@H](O)C6O)[C@@](C)(C=O)C5CC[C@@]4(C)[C@]2(C)CC3O)[C@H](O[C@@H]2OC(C)[C@H](OC3OCC(O)[C@H](O)[C@@H]3O)[C@H](O)C2O)C1O)OC(=O)C[C@@H](O)C[C@H](O[C@@H]1O[C@@H](CO)C(O)C1O)[C@@H](C)CC. The van der Waals surface area contributed by atoms with Gasteiger partial charge in [-0.2, -0.15) is 0 Å². The maximum Gasteiger partial charge on any atom is 0.335 e. The molecular formula is C87H142O42. The quantitative estimate of drug-likeness (QED) is 0.0132. The van der Waals surface area contributed by atoms with E-state index in [9.17, 15) is 126 Å². The first kappa shape index (κ1) is 104. The second kappa shape index (κ2) is 41.5. The first-order valence-electron chi connectivity index (χ1n) is 45.7. The van der Waals surface area contributed by atoms with Crippen LogP contribution in [0.15, 0.2) is 0 Å². The predicted molar refractivity (Wildman–Crippen MR) is 431 cm³/mol. The van der Waals surface area contributed by atoms with Crippen LogP contribution in [0.1, 0.15) is 186 Å². The molecule has 0 aromatic rings. The molecule has 0 aromatic carbocycles. The van der Waals surface area contributed by atoms with E-state index in [4.69, 9.17) is 75.8 Å². The Balaban J connectivity index is 0.774. The molecule has 5 saturated carbocycles. The molecule has 18 unspecified atom stereocenters. The average Bonchev–Trinajstić information content (AvgIpc) is 0.970. The van der Waals surface area contributed by atoms with Gasteiger partial charge in [-0.1, -0.05) is 82.1 Å². The Kier molecular flexibility index (Phi) is 33.5. The van der Waals surface area contributed by atoms with E-state index in [0.717, 1.165) is 6.29 Å². The lowest BCUT2D eigenvalue weighted by Crippen LogP contribution is -2.71. The predicted octanol–water partition coefficient (Wildman–Crippen LogP) is -4.07. The fraction of sp³-hybridized carbons (Fsp3) is 0.943. The second-order valence-corrected chi connectivity index (χ2v) is 40.5. The Hall–Kier alpha value is -3.77. The molecule has 12 fully saturated rings. The molecule has 42 heteroatoms. The van der Waals surface area contributed by atoms with E-state index >= 15 is 4.79 Å². The summed E-state index contributed by atoms with van der Waals surface area (Å²) in [7, 11) is 0. The van der Waals surface area contributed by atoms with Crippen molar-refractivity contribution in [3.63, 3.8) is 0 Å². The number of fused-ring (bicyclic) bond motifs is 7. The summed E-state index contributed by atoms with van der Waals surface area (Å²) in [6.45, 7) is 19.6. The number of carbonyl (C=O) groups excluding carboxylic acids is 4. The third kappa shape index (κ3) is 20.3. The van der Waals surface area contributed by atoms with Gasteiger partial charge in [-0.25, -0.2) is 4.79 Å². The zero-order valence-electron chi connectivity index (χ0n) is 75.1. The minimum atomic E-state index is -2.25. The van der Waals surface area contributed by atoms with Gasteiger partial charge < -0.3 is 188 Å². The van der Waals surface area contributed by atoms with Crippen molar-refractivity contribution in [3.05, 3.63) is 0 Å². The van der Waals surface area contributed by atoms with Crippen molar-refractivity contribution in [1.29, 1.82) is 0 Å². The van der Waals surface area contributed by atoms with Crippen LogP contribution in [-0.4, -0.2) is 397 Å². The highest BCUT2D eigenvalue weighted by Crippen LogP contribution is 2.77. The van der Waals surface area contributed by atoms with Crippen LogP contribution in [0.2, 0.25) is 0 Å². The monoisotopic (exact) mass is 1860 g/mol. The molecule has 0 bridgehead atoms. The van der Waals surface area contributed by atoms with Crippen LogP contribution in [0.3, 0.4) is 0 Å². The Bertz CT molecular complexity index is 3720. The van der Waals surface area contributed by atoms with Gasteiger partial charge in [0, 0.05) is 12.8 Å². The van der Waals surface area contributed by atoms with E-state index in [1.54, 1.807) is 20.8 Å². The molecular weight excluding hydrogens is 1720 g/mol. The van der Waals surface area contributed by atoms with Crippen LogP contribution >= 0.6 is 0 Å². The van der Waals surface area contributed by atoms with Crippen molar-refractivity contribution < 1.29 is 207 Å². The van der Waals surface area contributed by atoms with E-state index in [-0.39, 0.29) is 49.9 Å². The number of aliphatic hydroxyl groups is 20. The number of ether oxygens (including phenoxy) is 16. The number of carboxylic acid groups (broad SMARTS) is 1. The molecule has 12 rings (SSSR count). The van der Waals surface area contributed by atoms with E-state index < -0.39 is 347 Å². The first-order chi connectivity index (χ1) is 60.5. The number of aldehydes is 1. The van der Waals surface area contributed by atoms with Crippen LogP contribution in [0.5, 0.6) is 0 Å². The zero-order chi connectivity index (χ0) is 94.9. The van der Waals surface area contributed by atoms with Gasteiger partial charge in [0.2, 0.25) is 6.29 Å². The Labute approximate surface area is 747 Å². The molecule has 12 aliphatic rings. The zero-order valence-corrected chi connectivity index (χ0v) is 75.1. The van der Waals surface area contributed by atoms with Crippen LogP contribution in [0.25, 0.3) is 0 Å². The van der Waals surface area contributed by atoms with Gasteiger partial charge in [0.1, 0.15) is 134 Å². The number of carbonyl (C=O) groups is 5. The molecule has 742 valence electrons. The van der Waals surface area contributed by atoms with E-state index in [2.05, 4.69) is 34.6 Å². The van der Waals surface area contributed by atoms with Crippen molar-refractivity contribution in [2.24, 2.45) is 68.0 Å². The number of rotatable bonds is 32. The first-order valence-corrected chi connectivity index (χ1v) is 45.7. The largest absolute Gasteiger partial charge is 0.479 e. The fourth-order valence-electron chi connectivity index (χ4n) is 23.7. The lowest BCUT2D eigenvalue weighted by Gasteiger charge is -2.74. The standard InChI is InChI=1S/C87H142O42/c1-13-34(3)44(118-52(96)25-39(92)24-45(35(4)14-2)119-77-62(106)57(101)47(30-89)120-77)23-38(91)26-53(97)123-68-37(6)117-79(71(65(68)109)127-76-64(108)59(103)67(36(5)116-76)124-74-60(104)54(98)42(93)31-114-74)129-81(113)87-22-21-82(7,8)27-41(87)40-15-16-49-83(9)19-18-51(84(10,33-90)48(83)17-20-85(49,11)86(40,12)28-50(87)95)122-80-72(128-78-63(107)58(102)56(100)46(29-88)121-78)69(66(110)70(126-80)73(111)112)125-75-61(105)55(99)43(94)32-115-75/h33-51,54-72,74-80,88-89,91-95,98-110H,13-32H2,1-12H3,(H,111,112)/t34-,35-,36?,37?,38-,39-,40?,41?,42?,43+,44-,45-,46?,47-,48?,49?,50?,51-,54-,55-,56-,57?,58-,59+,60-,61?,62?,63?,64?,65?,66-,67-,68+,69-,70?,71+,72?,74?,75-,76-,77+,78-,79-,80+,83-,84-,85+,86+,87+/m0/s1. The molecule has 5 aliphatic carbocycles. The smallest absolute Gasteiger partial charge is 0.335 e. The maximum atomic E-state index is 16.3. The highest BCUT2D eigenvalue weighted by Gasteiger charge is 2.75. The normalized spacial score (nSPS) is 49.0. The summed E-state index contributed by atoms with van der Waals surface area (Å²) in [5.74, 6) is -7.08. The number of hydrogen-bond donors (Lipinski definition) is 21. The number of aliphatic hydroxyl groups excluding tert-OH is 20. The number of aliphatic carboxylic acids is 1. The minimum Gasteiger partial charge on any atom is -0.479 e. The van der Waals surface area contributed by atoms with E-state index in [1.165, 1.54) is 13.8 Å². The van der Waals surface area contributed by atoms with Gasteiger partial charge >= 0.3 is 23.9 Å². The molecule has 42 nitrogen and oxygen atoms in total. The highest BCUT2D eigenvalue weighted by atomic mass is 16.8. The van der Waals surface area contributed by atoms with Crippen molar-refractivity contribution in [2.75, 3.05) is 26.4 Å². The summed E-state index contributed by atoms with van der Waals surface area (Å²) in [4.78, 5) is 71.7. The molecule has 7 saturated heterocycles. The molecule has 7 aliphatic heterocycles. The topological polar surface area (TPSA) is 658 Å². The van der Waals surface area contributed by atoms with Crippen LogP contribution in [0, 0.1) is 68.0 Å². The van der Waals surface area contributed by atoms with E-state index in [1.807, 2.05) is 13.8 Å². The van der Waals surface area contributed by atoms with Crippen molar-refractivity contribution >= 4 is 30.2 Å². The Morgan fingerprint density at radius 2 is 0.977 bits per heavy atom.